The van der Waals surface area contributed by atoms with Crippen molar-refractivity contribution < 1.29 is 18.7 Å². The fourth-order valence-electron chi connectivity index (χ4n) is 2.34. The molecule has 8 heteroatoms. The second-order valence-corrected chi connectivity index (χ2v) is 9.04. The number of hydrogen-bond donors (Lipinski definition) is 1. The van der Waals surface area contributed by atoms with Gasteiger partial charge in [-0.1, -0.05) is 39.6 Å². The predicted molar refractivity (Wildman–Crippen MR) is 103 cm³/mol. The van der Waals surface area contributed by atoms with E-state index in [2.05, 4.69) is 5.32 Å². The molecule has 1 saturated heterocycles. The maximum absolute atomic E-state index is 13.7. The van der Waals surface area contributed by atoms with Crippen LogP contribution < -0.4 is 5.32 Å². The minimum atomic E-state index is -0.982. The molecule has 0 aliphatic carbocycles. The van der Waals surface area contributed by atoms with E-state index in [4.69, 9.17) is 16.3 Å². The third-order valence-electron chi connectivity index (χ3n) is 3.75. The highest BCUT2D eigenvalue weighted by atomic mass is 35.5. The Hall–Kier alpha value is -0.920. The number of esters is 1. The number of ether oxygens (including phenoxy) is 1. The average Bonchev–Trinajstić information content (AvgIpc) is 3.07. The molecular formula is C17H21ClFNO3S2. The Morgan fingerprint density at radius 2 is 2.24 bits per heavy atom. The quantitative estimate of drug-likeness (QED) is 0.372. The van der Waals surface area contributed by atoms with Gasteiger partial charge in [-0.3, -0.25) is 9.59 Å². The number of carbonyl (C=O) groups is 2. The van der Waals surface area contributed by atoms with Gasteiger partial charge >= 0.3 is 5.97 Å². The van der Waals surface area contributed by atoms with Crippen LogP contribution in [0.5, 0.6) is 0 Å². The monoisotopic (exact) mass is 405 g/mol. The smallest absolute Gasteiger partial charge is 0.306 e. The summed E-state index contributed by atoms with van der Waals surface area (Å²) in [5.74, 6) is -0.415. The van der Waals surface area contributed by atoms with Crippen LogP contribution >= 0.6 is 33.2 Å². The lowest BCUT2D eigenvalue weighted by Gasteiger charge is -2.14. The van der Waals surface area contributed by atoms with Gasteiger partial charge in [0.05, 0.1) is 5.69 Å². The van der Waals surface area contributed by atoms with E-state index >= 15 is 0 Å². The molecular weight excluding hydrogens is 385 g/mol. The first-order valence-electron chi connectivity index (χ1n) is 8.19. The van der Waals surface area contributed by atoms with Crippen LogP contribution in [0.4, 0.5) is 10.1 Å². The highest BCUT2D eigenvalue weighted by Crippen LogP contribution is 2.39. The number of halogens is 2. The van der Waals surface area contributed by atoms with E-state index in [1.54, 1.807) is 0 Å². The Balaban J connectivity index is 1.67. The maximum atomic E-state index is 13.7. The number of hydrogen-bond acceptors (Lipinski definition) is 5. The summed E-state index contributed by atoms with van der Waals surface area (Å²) >= 11 is 5.66. The summed E-state index contributed by atoms with van der Waals surface area (Å²) in [5, 5.41) is 3.33. The van der Waals surface area contributed by atoms with Crippen LogP contribution in [0.25, 0.3) is 0 Å². The molecule has 0 bridgehead atoms. The van der Waals surface area contributed by atoms with Crippen molar-refractivity contribution in [1.29, 1.82) is 0 Å². The molecule has 0 spiro atoms. The largest absolute Gasteiger partial charge is 0.453 e. The summed E-state index contributed by atoms with van der Waals surface area (Å²) in [7, 11) is 3.83. The lowest BCUT2D eigenvalue weighted by atomic mass is 10.1. The van der Waals surface area contributed by atoms with Gasteiger partial charge in [-0.15, -0.1) is 0 Å². The van der Waals surface area contributed by atoms with Crippen molar-refractivity contribution in [3.8, 4) is 0 Å². The van der Waals surface area contributed by atoms with E-state index in [9.17, 15) is 14.0 Å². The summed E-state index contributed by atoms with van der Waals surface area (Å²) in [6.07, 6.45) is 3.38. The van der Waals surface area contributed by atoms with E-state index in [-0.39, 0.29) is 17.1 Å². The number of carbonyl (C=O) groups excluding carboxylic acids is 2. The minimum absolute atomic E-state index is 0.00392. The Morgan fingerprint density at radius 3 is 2.92 bits per heavy atom. The van der Waals surface area contributed by atoms with Crippen molar-refractivity contribution in [3.05, 3.63) is 29.0 Å². The topological polar surface area (TPSA) is 55.4 Å². The summed E-state index contributed by atoms with van der Waals surface area (Å²) in [4.78, 5) is 23.8. The molecule has 1 aromatic rings. The van der Waals surface area contributed by atoms with Crippen molar-refractivity contribution in [2.24, 2.45) is 0 Å². The van der Waals surface area contributed by atoms with Gasteiger partial charge < -0.3 is 10.1 Å². The fraction of sp³-hybridized carbons (Fsp3) is 0.529. The molecule has 1 fully saturated rings. The van der Waals surface area contributed by atoms with Gasteiger partial charge in [0.1, 0.15) is 5.82 Å². The van der Waals surface area contributed by atoms with Crippen molar-refractivity contribution >= 4 is 50.8 Å². The zero-order valence-electron chi connectivity index (χ0n) is 13.9. The minimum Gasteiger partial charge on any atom is -0.453 e. The molecule has 1 aliphatic rings. The van der Waals surface area contributed by atoms with Crippen molar-refractivity contribution in [2.45, 2.75) is 50.4 Å². The number of benzene rings is 1. The molecule has 0 radical (unpaired) electrons. The molecule has 1 N–H and O–H groups in total. The van der Waals surface area contributed by atoms with Crippen molar-refractivity contribution in [1.82, 2.24) is 0 Å². The Morgan fingerprint density at radius 1 is 1.44 bits per heavy atom. The number of unbranched alkanes of at least 4 members (excludes halogenated alkanes) is 1. The van der Waals surface area contributed by atoms with E-state index < -0.39 is 23.8 Å². The second kappa shape index (κ2) is 10.3. The molecule has 4 nitrogen and oxygen atoms in total. The Labute approximate surface area is 160 Å². The lowest BCUT2D eigenvalue weighted by Crippen LogP contribution is -2.30. The van der Waals surface area contributed by atoms with Gasteiger partial charge in [0, 0.05) is 22.4 Å². The van der Waals surface area contributed by atoms with E-state index in [0.717, 1.165) is 25.3 Å². The number of nitrogens with one attached hydrogen (secondary N) is 1. The van der Waals surface area contributed by atoms with Gasteiger partial charge in [0.25, 0.3) is 5.91 Å². The van der Waals surface area contributed by atoms with E-state index in [1.807, 2.05) is 21.6 Å². The van der Waals surface area contributed by atoms with Gasteiger partial charge in [0.15, 0.2) is 6.10 Å². The third kappa shape index (κ3) is 7.07. The average molecular weight is 406 g/mol. The predicted octanol–water partition coefficient (Wildman–Crippen LogP) is 5.06. The summed E-state index contributed by atoms with van der Waals surface area (Å²) in [6, 6.07) is 3.94. The first kappa shape index (κ1) is 20.4. The Kier molecular flexibility index (Phi) is 8.39. The SMILES string of the molecule is C[C@@H](OC(=O)CCCC[C@@H]1CCSS1)C(=O)Nc1ccc(Cl)cc1F. The van der Waals surface area contributed by atoms with Gasteiger partial charge in [-0.05, 0) is 44.4 Å². The summed E-state index contributed by atoms with van der Waals surface area (Å²) in [6.45, 7) is 1.47. The van der Waals surface area contributed by atoms with Crippen LogP contribution in [0.3, 0.4) is 0 Å². The molecule has 1 amide bonds. The Bertz CT molecular complexity index is 612. The number of rotatable bonds is 8. The molecule has 25 heavy (non-hydrogen) atoms. The fourth-order valence-corrected chi connectivity index (χ4v) is 5.53. The van der Waals surface area contributed by atoms with Crippen LogP contribution in [0.1, 0.15) is 39.0 Å². The van der Waals surface area contributed by atoms with Crippen LogP contribution in [-0.4, -0.2) is 29.0 Å². The first-order valence-corrected chi connectivity index (χ1v) is 11.0. The van der Waals surface area contributed by atoms with Crippen LogP contribution in [0.15, 0.2) is 18.2 Å². The zero-order chi connectivity index (χ0) is 18.2. The molecule has 0 unspecified atom stereocenters. The molecule has 0 aromatic heterocycles. The van der Waals surface area contributed by atoms with E-state index in [0.29, 0.717) is 5.25 Å². The maximum Gasteiger partial charge on any atom is 0.306 e. The van der Waals surface area contributed by atoms with Gasteiger partial charge in [-0.25, -0.2) is 4.39 Å². The highest BCUT2D eigenvalue weighted by Gasteiger charge is 2.20. The second-order valence-electron chi connectivity index (χ2n) is 5.82. The summed E-state index contributed by atoms with van der Waals surface area (Å²) in [5.41, 5.74) is 0.00392. The van der Waals surface area contributed by atoms with Gasteiger partial charge in [-0.2, -0.15) is 0 Å². The molecule has 1 aromatic carbocycles. The molecule has 0 saturated carbocycles. The zero-order valence-corrected chi connectivity index (χ0v) is 16.3. The summed E-state index contributed by atoms with van der Waals surface area (Å²) < 4.78 is 18.8. The standard InChI is InChI=1S/C17H21ClFNO3S2/c1-11(17(22)20-15-7-6-12(18)10-14(15)19)23-16(21)5-3-2-4-13-8-9-24-25-13/h6-7,10-11,13H,2-5,8-9H2,1H3,(H,20,22)/t11-,13-/m1/s1. The van der Waals surface area contributed by atoms with Crippen LogP contribution in [0, 0.1) is 5.82 Å². The van der Waals surface area contributed by atoms with Gasteiger partial charge in [0.2, 0.25) is 0 Å². The molecule has 2 atom stereocenters. The highest BCUT2D eigenvalue weighted by molar-refractivity contribution is 8.77. The van der Waals surface area contributed by atoms with Crippen LogP contribution in [-0.2, 0) is 14.3 Å². The molecule has 1 heterocycles. The van der Waals surface area contributed by atoms with E-state index in [1.165, 1.54) is 31.2 Å². The normalized spacial score (nSPS) is 18.0. The van der Waals surface area contributed by atoms with Crippen molar-refractivity contribution in [3.63, 3.8) is 0 Å². The molecule has 2 rings (SSSR count). The lowest BCUT2D eigenvalue weighted by molar-refractivity contribution is -0.153. The van der Waals surface area contributed by atoms with Crippen molar-refractivity contribution in [2.75, 3.05) is 11.1 Å². The molecule has 138 valence electrons. The first-order chi connectivity index (χ1) is 12.0. The third-order valence-corrected chi connectivity index (χ3v) is 6.99. The number of anilines is 1. The molecule has 1 aliphatic heterocycles. The van der Waals surface area contributed by atoms with Crippen LogP contribution in [0.2, 0.25) is 5.02 Å². The number of amides is 1.